The number of hydrogen-bond donors (Lipinski definition) is 1. The van der Waals surface area contributed by atoms with Gasteiger partial charge in [0.05, 0.1) is 0 Å². The van der Waals surface area contributed by atoms with E-state index in [-0.39, 0.29) is 0 Å². The monoisotopic (exact) mass is 263 g/mol. The van der Waals surface area contributed by atoms with Gasteiger partial charge in [-0.25, -0.2) is 0 Å². The first-order chi connectivity index (χ1) is 8.28. The molecule has 0 radical (unpaired) electrons. The summed E-state index contributed by atoms with van der Waals surface area (Å²) in [7, 11) is 0. The van der Waals surface area contributed by atoms with Crippen LogP contribution in [0.2, 0.25) is 5.02 Å². The van der Waals surface area contributed by atoms with Crippen molar-refractivity contribution in [3.05, 3.63) is 64.7 Å². The van der Waals surface area contributed by atoms with Crippen LogP contribution in [0.3, 0.4) is 0 Å². The van der Waals surface area contributed by atoms with Crippen LogP contribution in [0.1, 0.15) is 11.1 Å². The molecule has 0 amide bonds. The number of halogens is 1. The lowest BCUT2D eigenvalue weighted by atomic mass is 10.2. The van der Waals surface area contributed by atoms with Crippen LogP contribution >= 0.6 is 23.4 Å². The highest BCUT2D eigenvalue weighted by atomic mass is 35.5. The first-order valence-corrected chi connectivity index (χ1v) is 6.80. The summed E-state index contributed by atoms with van der Waals surface area (Å²) in [6.07, 6.45) is 0. The molecule has 0 aliphatic heterocycles. The first kappa shape index (κ1) is 12.5. The third-order valence-corrected chi connectivity index (χ3v) is 3.77. The van der Waals surface area contributed by atoms with Gasteiger partial charge in [-0.1, -0.05) is 35.9 Å². The quantitative estimate of drug-likeness (QED) is 0.841. The number of rotatable bonds is 4. The minimum absolute atomic E-state index is 0.593. The van der Waals surface area contributed by atoms with Crippen molar-refractivity contribution in [3.8, 4) is 0 Å². The Hall–Kier alpha value is -0.960. The Bertz CT molecular complexity index is 482. The fourth-order valence-electron chi connectivity index (χ4n) is 1.51. The largest absolute Gasteiger partial charge is 0.326 e. The van der Waals surface area contributed by atoms with Crippen molar-refractivity contribution in [2.45, 2.75) is 17.2 Å². The molecule has 0 spiro atoms. The summed E-state index contributed by atoms with van der Waals surface area (Å²) >= 11 is 7.66. The van der Waals surface area contributed by atoms with Crippen LogP contribution in [0.5, 0.6) is 0 Å². The number of benzene rings is 2. The number of hydrogen-bond acceptors (Lipinski definition) is 2. The summed E-state index contributed by atoms with van der Waals surface area (Å²) in [6.45, 7) is 0.593. The van der Waals surface area contributed by atoms with Gasteiger partial charge in [-0.05, 0) is 35.4 Å². The molecule has 3 heteroatoms. The summed E-state index contributed by atoms with van der Waals surface area (Å²) < 4.78 is 0. The molecule has 0 unspecified atom stereocenters. The molecular weight excluding hydrogens is 250 g/mol. The number of nitrogens with two attached hydrogens (primary N) is 1. The van der Waals surface area contributed by atoms with Crippen molar-refractivity contribution >= 4 is 23.4 Å². The van der Waals surface area contributed by atoms with Crippen molar-refractivity contribution in [3.63, 3.8) is 0 Å². The van der Waals surface area contributed by atoms with Gasteiger partial charge < -0.3 is 5.73 Å². The maximum atomic E-state index is 5.85. The average Bonchev–Trinajstić information content (AvgIpc) is 2.38. The molecule has 0 aromatic heterocycles. The van der Waals surface area contributed by atoms with Gasteiger partial charge >= 0.3 is 0 Å². The van der Waals surface area contributed by atoms with Crippen molar-refractivity contribution in [1.29, 1.82) is 0 Å². The normalized spacial score (nSPS) is 10.5. The standard InChI is InChI=1S/C14H14ClNS/c15-13-6-4-11(5-7-13)10-17-14-3-1-2-12(8-14)9-16/h1-8H,9-10,16H2. The lowest BCUT2D eigenvalue weighted by Gasteiger charge is -2.04. The van der Waals surface area contributed by atoms with Crippen LogP contribution < -0.4 is 5.73 Å². The highest BCUT2D eigenvalue weighted by Gasteiger charge is 1.98. The fraction of sp³-hybridized carbons (Fsp3) is 0.143. The van der Waals surface area contributed by atoms with Gasteiger partial charge in [0.2, 0.25) is 0 Å². The van der Waals surface area contributed by atoms with Gasteiger partial charge in [0.15, 0.2) is 0 Å². The second-order valence-corrected chi connectivity index (χ2v) is 5.25. The topological polar surface area (TPSA) is 26.0 Å². The Morgan fingerprint density at radius 3 is 2.47 bits per heavy atom. The van der Waals surface area contributed by atoms with Gasteiger partial charge in [-0.3, -0.25) is 0 Å². The molecule has 2 aromatic rings. The molecule has 0 aliphatic carbocycles. The minimum Gasteiger partial charge on any atom is -0.326 e. The Kier molecular flexibility index (Phi) is 4.49. The van der Waals surface area contributed by atoms with Crippen LogP contribution in [0, 0.1) is 0 Å². The second kappa shape index (κ2) is 6.10. The van der Waals surface area contributed by atoms with Gasteiger partial charge in [0.1, 0.15) is 0 Å². The van der Waals surface area contributed by atoms with Gasteiger partial charge in [0.25, 0.3) is 0 Å². The molecule has 0 fully saturated rings. The molecule has 2 aromatic carbocycles. The molecule has 0 heterocycles. The molecule has 2 rings (SSSR count). The van der Waals surface area contributed by atoms with Crippen molar-refractivity contribution in [2.24, 2.45) is 5.73 Å². The highest BCUT2D eigenvalue weighted by molar-refractivity contribution is 7.98. The van der Waals surface area contributed by atoms with E-state index in [1.54, 1.807) is 0 Å². The van der Waals surface area contributed by atoms with Crippen molar-refractivity contribution in [1.82, 2.24) is 0 Å². The van der Waals surface area contributed by atoms with E-state index in [1.807, 2.05) is 36.0 Å². The predicted octanol–water partition coefficient (Wildman–Crippen LogP) is 4.09. The fourth-order valence-corrected chi connectivity index (χ4v) is 2.57. The maximum absolute atomic E-state index is 5.85. The van der Waals surface area contributed by atoms with E-state index in [1.165, 1.54) is 16.0 Å². The van der Waals surface area contributed by atoms with Gasteiger partial charge in [0, 0.05) is 22.2 Å². The predicted molar refractivity (Wildman–Crippen MR) is 75.3 cm³/mol. The van der Waals surface area contributed by atoms with E-state index in [0.29, 0.717) is 6.54 Å². The van der Waals surface area contributed by atoms with Gasteiger partial charge in [-0.2, -0.15) is 0 Å². The van der Waals surface area contributed by atoms with Crippen LogP contribution in [-0.2, 0) is 12.3 Å². The molecule has 88 valence electrons. The minimum atomic E-state index is 0.593. The Balaban J connectivity index is 1.99. The van der Waals surface area contributed by atoms with E-state index >= 15 is 0 Å². The zero-order valence-electron chi connectivity index (χ0n) is 9.40. The molecule has 0 atom stereocenters. The lowest BCUT2D eigenvalue weighted by molar-refractivity contribution is 1.06. The maximum Gasteiger partial charge on any atom is 0.0406 e. The molecule has 2 N–H and O–H groups in total. The summed E-state index contributed by atoms with van der Waals surface area (Å²) in [6, 6.07) is 16.3. The zero-order valence-corrected chi connectivity index (χ0v) is 11.0. The van der Waals surface area contributed by atoms with E-state index in [9.17, 15) is 0 Å². The summed E-state index contributed by atoms with van der Waals surface area (Å²) in [5.74, 6) is 0.950. The van der Waals surface area contributed by atoms with E-state index < -0.39 is 0 Å². The van der Waals surface area contributed by atoms with Crippen LogP contribution in [0.4, 0.5) is 0 Å². The van der Waals surface area contributed by atoms with E-state index in [0.717, 1.165) is 10.8 Å². The molecule has 0 saturated carbocycles. The average molecular weight is 264 g/mol. The molecule has 17 heavy (non-hydrogen) atoms. The van der Waals surface area contributed by atoms with E-state index in [4.69, 9.17) is 17.3 Å². The van der Waals surface area contributed by atoms with Gasteiger partial charge in [-0.15, -0.1) is 11.8 Å². The van der Waals surface area contributed by atoms with Crippen molar-refractivity contribution in [2.75, 3.05) is 0 Å². The van der Waals surface area contributed by atoms with Crippen LogP contribution in [0.15, 0.2) is 53.4 Å². The third kappa shape index (κ3) is 3.77. The number of thioether (sulfide) groups is 1. The van der Waals surface area contributed by atoms with Crippen LogP contribution in [-0.4, -0.2) is 0 Å². The smallest absolute Gasteiger partial charge is 0.0406 e. The summed E-state index contributed by atoms with van der Waals surface area (Å²) in [5.41, 5.74) is 8.07. The molecule has 0 aliphatic rings. The molecule has 0 saturated heterocycles. The molecular formula is C14H14ClNS. The Labute approximate surface area is 111 Å². The Morgan fingerprint density at radius 2 is 1.76 bits per heavy atom. The summed E-state index contributed by atoms with van der Waals surface area (Å²) in [5, 5.41) is 0.781. The molecule has 1 nitrogen and oxygen atoms in total. The SMILES string of the molecule is NCc1cccc(SCc2ccc(Cl)cc2)c1. The van der Waals surface area contributed by atoms with Crippen LogP contribution in [0.25, 0.3) is 0 Å². The second-order valence-electron chi connectivity index (χ2n) is 3.77. The first-order valence-electron chi connectivity index (χ1n) is 5.44. The summed E-state index contributed by atoms with van der Waals surface area (Å²) in [4.78, 5) is 1.25. The zero-order chi connectivity index (χ0) is 12.1. The van der Waals surface area contributed by atoms with E-state index in [2.05, 4.69) is 24.3 Å². The highest BCUT2D eigenvalue weighted by Crippen LogP contribution is 2.24. The van der Waals surface area contributed by atoms with Crippen molar-refractivity contribution < 1.29 is 0 Å². The third-order valence-electron chi connectivity index (χ3n) is 2.45. The lowest BCUT2D eigenvalue weighted by Crippen LogP contribution is -1.95. The molecule has 0 bridgehead atoms. The Morgan fingerprint density at radius 1 is 1.00 bits per heavy atom.